The summed E-state index contributed by atoms with van der Waals surface area (Å²) in [6, 6.07) is 14.1. The molecule has 1 saturated heterocycles. The van der Waals surface area contributed by atoms with Gasteiger partial charge < -0.3 is 14.3 Å². The Hall–Kier alpha value is -3.19. The molecule has 7 heteroatoms. The Morgan fingerprint density at radius 1 is 1.23 bits per heavy atom. The molecule has 1 aliphatic heterocycles. The molecular weight excluding hydrogens is 387 g/mol. The minimum Gasteiger partial charge on any atom is -0.482 e. The number of nitrogens with zero attached hydrogens (tertiary/aromatic N) is 2. The highest BCUT2D eigenvalue weighted by Gasteiger charge is 2.29. The molecule has 3 aromatic rings. The molecule has 2 aromatic carbocycles. The molecule has 0 amide bonds. The standard InChI is InChI=1S/C23H23FN2O4/c24-18-4-1-3-17(11-18)12-20-13-25-23(30-20)21-5-2-10-26(21)14-16-6-8-19(9-7-16)29-15-22(27)28/h1,3-4,6-9,11,13,21H,2,5,10,12,14-15H2,(H,27,28). The van der Waals surface area contributed by atoms with Crippen LogP contribution in [0.4, 0.5) is 4.39 Å². The van der Waals surface area contributed by atoms with Gasteiger partial charge in [0.1, 0.15) is 17.3 Å². The van der Waals surface area contributed by atoms with E-state index in [4.69, 9.17) is 14.3 Å². The number of carboxylic acids is 1. The number of aliphatic carboxylic acids is 1. The fourth-order valence-electron chi connectivity index (χ4n) is 3.77. The van der Waals surface area contributed by atoms with Crippen molar-refractivity contribution in [2.75, 3.05) is 13.2 Å². The van der Waals surface area contributed by atoms with E-state index >= 15 is 0 Å². The molecule has 1 fully saturated rings. The molecule has 0 aliphatic carbocycles. The number of carboxylic acid groups (broad SMARTS) is 1. The van der Waals surface area contributed by atoms with Crippen LogP contribution < -0.4 is 4.74 Å². The quantitative estimate of drug-likeness (QED) is 0.600. The van der Waals surface area contributed by atoms with Gasteiger partial charge in [0.05, 0.1) is 12.2 Å². The van der Waals surface area contributed by atoms with E-state index in [9.17, 15) is 9.18 Å². The lowest BCUT2D eigenvalue weighted by Crippen LogP contribution is -2.23. The number of aromatic nitrogens is 1. The van der Waals surface area contributed by atoms with E-state index in [2.05, 4.69) is 9.88 Å². The number of ether oxygens (including phenoxy) is 1. The zero-order chi connectivity index (χ0) is 20.9. The van der Waals surface area contributed by atoms with Gasteiger partial charge >= 0.3 is 5.97 Å². The molecule has 0 saturated carbocycles. The molecule has 1 unspecified atom stereocenters. The number of carbonyl (C=O) groups is 1. The van der Waals surface area contributed by atoms with Crippen molar-refractivity contribution >= 4 is 5.97 Å². The third-order valence-electron chi connectivity index (χ3n) is 5.16. The topological polar surface area (TPSA) is 75.8 Å². The van der Waals surface area contributed by atoms with E-state index in [1.54, 1.807) is 24.4 Å². The van der Waals surface area contributed by atoms with Gasteiger partial charge in [-0.3, -0.25) is 4.90 Å². The average molecular weight is 410 g/mol. The minimum absolute atomic E-state index is 0.106. The summed E-state index contributed by atoms with van der Waals surface area (Å²) in [6.07, 6.45) is 4.27. The number of hydrogen-bond donors (Lipinski definition) is 1. The maximum Gasteiger partial charge on any atom is 0.341 e. The summed E-state index contributed by atoms with van der Waals surface area (Å²) in [5, 5.41) is 8.69. The van der Waals surface area contributed by atoms with Crippen LogP contribution >= 0.6 is 0 Å². The zero-order valence-electron chi connectivity index (χ0n) is 16.5. The summed E-state index contributed by atoms with van der Waals surface area (Å²) >= 11 is 0. The Morgan fingerprint density at radius 2 is 2.07 bits per heavy atom. The summed E-state index contributed by atoms with van der Waals surface area (Å²) in [6.45, 7) is 1.34. The Bertz CT molecular complexity index is 1000. The van der Waals surface area contributed by atoms with Crippen molar-refractivity contribution in [2.45, 2.75) is 31.8 Å². The number of halogens is 1. The van der Waals surface area contributed by atoms with Crippen molar-refractivity contribution in [3.8, 4) is 5.75 Å². The monoisotopic (exact) mass is 410 g/mol. The van der Waals surface area contributed by atoms with Gasteiger partial charge in [-0.25, -0.2) is 14.2 Å². The first-order valence-corrected chi connectivity index (χ1v) is 9.93. The SMILES string of the molecule is O=C(O)COc1ccc(CN2CCCC2c2ncc(Cc3cccc(F)c3)o2)cc1. The van der Waals surface area contributed by atoms with Crippen LogP contribution in [-0.4, -0.2) is 34.1 Å². The predicted molar refractivity (Wildman–Crippen MR) is 108 cm³/mol. The van der Waals surface area contributed by atoms with Crippen LogP contribution in [0, 0.1) is 5.82 Å². The van der Waals surface area contributed by atoms with Gasteiger partial charge in [-0.2, -0.15) is 0 Å². The van der Waals surface area contributed by atoms with Crippen LogP contribution in [0.2, 0.25) is 0 Å². The maximum absolute atomic E-state index is 13.4. The van der Waals surface area contributed by atoms with E-state index < -0.39 is 5.97 Å². The Kier molecular flexibility index (Phi) is 6.09. The molecule has 1 aromatic heterocycles. The first-order chi connectivity index (χ1) is 14.6. The van der Waals surface area contributed by atoms with Crippen LogP contribution in [0.25, 0.3) is 0 Å². The highest BCUT2D eigenvalue weighted by Crippen LogP contribution is 2.33. The largest absolute Gasteiger partial charge is 0.482 e. The Balaban J connectivity index is 1.39. The minimum atomic E-state index is -0.998. The van der Waals surface area contributed by atoms with E-state index in [1.807, 2.05) is 18.2 Å². The number of benzene rings is 2. The fourth-order valence-corrected chi connectivity index (χ4v) is 3.77. The molecule has 1 N–H and O–H groups in total. The smallest absolute Gasteiger partial charge is 0.341 e. The van der Waals surface area contributed by atoms with Crippen molar-refractivity contribution in [3.05, 3.63) is 83.3 Å². The summed E-state index contributed by atoms with van der Waals surface area (Å²) < 4.78 is 24.6. The van der Waals surface area contributed by atoms with Gasteiger partial charge in [0.25, 0.3) is 0 Å². The molecule has 30 heavy (non-hydrogen) atoms. The van der Waals surface area contributed by atoms with Crippen LogP contribution in [0.3, 0.4) is 0 Å². The first kappa shape index (κ1) is 20.1. The van der Waals surface area contributed by atoms with Crippen LogP contribution in [0.5, 0.6) is 5.75 Å². The molecule has 0 radical (unpaired) electrons. The number of hydrogen-bond acceptors (Lipinski definition) is 5. The third kappa shape index (κ3) is 5.04. The molecular formula is C23H23FN2O4. The molecule has 0 bridgehead atoms. The fraction of sp³-hybridized carbons (Fsp3) is 0.304. The molecule has 6 nitrogen and oxygen atoms in total. The molecule has 156 valence electrons. The third-order valence-corrected chi connectivity index (χ3v) is 5.16. The lowest BCUT2D eigenvalue weighted by molar-refractivity contribution is -0.139. The molecule has 1 aliphatic rings. The van der Waals surface area contributed by atoms with E-state index in [0.717, 1.165) is 42.8 Å². The van der Waals surface area contributed by atoms with Crippen molar-refractivity contribution in [3.63, 3.8) is 0 Å². The lowest BCUT2D eigenvalue weighted by atomic mass is 10.1. The number of oxazole rings is 1. The average Bonchev–Trinajstić information content (AvgIpc) is 3.37. The second kappa shape index (κ2) is 9.09. The second-order valence-corrected chi connectivity index (χ2v) is 7.43. The summed E-state index contributed by atoms with van der Waals surface area (Å²) in [5.74, 6) is 0.701. The summed E-state index contributed by atoms with van der Waals surface area (Å²) in [7, 11) is 0. The number of rotatable bonds is 8. The Labute approximate surface area is 173 Å². The summed E-state index contributed by atoms with van der Waals surface area (Å²) in [5.41, 5.74) is 1.96. The van der Waals surface area contributed by atoms with Gasteiger partial charge in [-0.15, -0.1) is 0 Å². The highest BCUT2D eigenvalue weighted by molar-refractivity contribution is 5.68. The normalized spacial score (nSPS) is 16.6. The second-order valence-electron chi connectivity index (χ2n) is 7.43. The molecule has 1 atom stereocenters. The van der Waals surface area contributed by atoms with Gasteiger partial charge in [0, 0.05) is 13.0 Å². The van der Waals surface area contributed by atoms with Gasteiger partial charge in [0.15, 0.2) is 6.61 Å². The summed E-state index contributed by atoms with van der Waals surface area (Å²) in [4.78, 5) is 17.4. The van der Waals surface area contributed by atoms with Gasteiger partial charge in [0.2, 0.25) is 5.89 Å². The van der Waals surface area contributed by atoms with E-state index in [0.29, 0.717) is 18.1 Å². The van der Waals surface area contributed by atoms with E-state index in [-0.39, 0.29) is 18.5 Å². The maximum atomic E-state index is 13.4. The lowest BCUT2D eigenvalue weighted by Gasteiger charge is -2.22. The van der Waals surface area contributed by atoms with Crippen molar-refractivity contribution in [1.29, 1.82) is 0 Å². The van der Waals surface area contributed by atoms with Crippen LogP contribution in [0.1, 0.15) is 41.7 Å². The highest BCUT2D eigenvalue weighted by atomic mass is 19.1. The molecule has 2 heterocycles. The van der Waals surface area contributed by atoms with Crippen LogP contribution in [-0.2, 0) is 17.8 Å². The first-order valence-electron chi connectivity index (χ1n) is 9.93. The van der Waals surface area contributed by atoms with Crippen molar-refractivity contribution in [1.82, 2.24) is 9.88 Å². The van der Waals surface area contributed by atoms with Crippen molar-refractivity contribution < 1.29 is 23.4 Å². The zero-order valence-corrected chi connectivity index (χ0v) is 16.5. The van der Waals surface area contributed by atoms with Gasteiger partial charge in [-0.05, 0) is 54.8 Å². The van der Waals surface area contributed by atoms with Crippen LogP contribution in [0.15, 0.2) is 59.1 Å². The molecule has 4 rings (SSSR count). The molecule has 0 spiro atoms. The Morgan fingerprint density at radius 3 is 2.83 bits per heavy atom. The number of likely N-dealkylation sites (tertiary alicyclic amines) is 1. The predicted octanol–water partition coefficient (Wildman–Crippen LogP) is 4.21. The van der Waals surface area contributed by atoms with Gasteiger partial charge in [-0.1, -0.05) is 24.3 Å². The van der Waals surface area contributed by atoms with E-state index in [1.165, 1.54) is 12.1 Å². The van der Waals surface area contributed by atoms with Crippen molar-refractivity contribution in [2.24, 2.45) is 0 Å².